The van der Waals surface area contributed by atoms with Gasteiger partial charge in [-0.15, -0.1) is 0 Å². The minimum absolute atomic E-state index is 0.0129. The second-order valence-electron chi connectivity index (χ2n) is 6.63. The molecule has 3 aromatic rings. The number of rotatable bonds is 2. The van der Waals surface area contributed by atoms with E-state index in [2.05, 4.69) is 47.8 Å². The van der Waals surface area contributed by atoms with E-state index in [1.807, 2.05) is 0 Å². The summed E-state index contributed by atoms with van der Waals surface area (Å²) >= 11 is 9.97. The number of phenols is 2. The third-order valence-corrected chi connectivity index (χ3v) is 8.03. The molecule has 3 aromatic carbocycles. The molecule has 0 fully saturated rings. The highest BCUT2D eigenvalue weighted by molar-refractivity contribution is 9.11. The molecule has 5 nitrogen and oxygen atoms in total. The van der Waals surface area contributed by atoms with Gasteiger partial charge in [-0.2, -0.15) is 8.42 Å². The van der Waals surface area contributed by atoms with Crippen molar-refractivity contribution in [1.82, 2.24) is 0 Å². The van der Waals surface area contributed by atoms with E-state index in [1.165, 1.54) is 6.07 Å². The molecule has 0 aromatic heterocycles. The Labute approximate surface area is 192 Å². The van der Waals surface area contributed by atoms with Crippen molar-refractivity contribution in [1.29, 1.82) is 0 Å². The molecule has 1 aliphatic rings. The van der Waals surface area contributed by atoms with Crippen LogP contribution in [0.25, 0.3) is 0 Å². The van der Waals surface area contributed by atoms with Crippen LogP contribution in [0.2, 0.25) is 0 Å². The van der Waals surface area contributed by atoms with Crippen LogP contribution in [0.4, 0.5) is 0 Å². The van der Waals surface area contributed by atoms with E-state index in [1.54, 1.807) is 49.4 Å². The minimum Gasteiger partial charge on any atom is -0.506 e. The summed E-state index contributed by atoms with van der Waals surface area (Å²) in [7, 11) is -4.05. The molecule has 0 amide bonds. The van der Waals surface area contributed by atoms with Crippen molar-refractivity contribution in [2.75, 3.05) is 0 Å². The summed E-state index contributed by atoms with van der Waals surface area (Å²) < 4.78 is 32.9. The van der Waals surface area contributed by atoms with Crippen LogP contribution in [-0.2, 0) is 19.9 Å². The van der Waals surface area contributed by atoms with Crippen LogP contribution in [0.3, 0.4) is 0 Å². The summed E-state index contributed by atoms with van der Waals surface area (Å²) in [5.41, 5.74) is 0.490. The number of aryl methyl sites for hydroxylation is 1. The first-order chi connectivity index (χ1) is 13.6. The Kier molecular flexibility index (Phi) is 5.10. The third-order valence-electron chi connectivity index (χ3n) is 4.85. The Bertz CT molecular complexity index is 1170. The van der Waals surface area contributed by atoms with Gasteiger partial charge in [0.25, 0.3) is 10.1 Å². The molecule has 1 aliphatic heterocycles. The molecular formula is C20H13Br3O5S. The summed E-state index contributed by atoms with van der Waals surface area (Å²) in [5.74, 6) is 0.0483. The molecule has 2 N–H and O–H groups in total. The van der Waals surface area contributed by atoms with Crippen LogP contribution in [0.15, 0.2) is 66.8 Å². The number of aromatic hydroxyl groups is 2. The summed E-state index contributed by atoms with van der Waals surface area (Å²) in [6.45, 7) is 1.72. The standard InChI is InChI=1S/C20H13Br3O5S/c1-10-6-11(7-14(21)18(10)24)20(12-8-15(22)19(25)16(23)9-12)13-4-2-3-5-17(13)29(26,27)28-20/h2-9,24-25H,1H3. The van der Waals surface area contributed by atoms with Crippen molar-refractivity contribution < 1.29 is 22.8 Å². The largest absolute Gasteiger partial charge is 0.506 e. The molecule has 1 unspecified atom stereocenters. The average molecular weight is 605 g/mol. The molecule has 0 saturated heterocycles. The zero-order valence-corrected chi connectivity index (χ0v) is 20.4. The second kappa shape index (κ2) is 7.09. The molecule has 1 heterocycles. The van der Waals surface area contributed by atoms with Crippen LogP contribution in [0.5, 0.6) is 11.5 Å². The summed E-state index contributed by atoms with van der Waals surface area (Å²) in [5, 5.41) is 20.4. The van der Waals surface area contributed by atoms with Crippen molar-refractivity contribution in [3.8, 4) is 11.5 Å². The van der Waals surface area contributed by atoms with Crippen LogP contribution < -0.4 is 0 Å². The second-order valence-corrected chi connectivity index (χ2v) is 10.7. The zero-order chi connectivity index (χ0) is 21.1. The molecule has 150 valence electrons. The number of phenolic OH excluding ortho intramolecular Hbond substituents is 2. The summed E-state index contributed by atoms with van der Waals surface area (Å²) in [4.78, 5) is 0.0715. The fraction of sp³-hybridized carbons (Fsp3) is 0.100. The van der Waals surface area contributed by atoms with Gasteiger partial charge >= 0.3 is 0 Å². The smallest absolute Gasteiger partial charge is 0.298 e. The van der Waals surface area contributed by atoms with E-state index in [0.29, 0.717) is 35.7 Å². The van der Waals surface area contributed by atoms with Gasteiger partial charge in [0.1, 0.15) is 16.4 Å². The molecule has 0 radical (unpaired) electrons. The van der Waals surface area contributed by atoms with Crippen LogP contribution in [0.1, 0.15) is 22.3 Å². The van der Waals surface area contributed by atoms with Gasteiger partial charge in [-0.25, -0.2) is 4.18 Å². The van der Waals surface area contributed by atoms with Crippen LogP contribution in [-0.4, -0.2) is 18.6 Å². The van der Waals surface area contributed by atoms with Crippen LogP contribution in [0, 0.1) is 6.92 Å². The van der Waals surface area contributed by atoms with Gasteiger partial charge < -0.3 is 10.2 Å². The Morgan fingerprint density at radius 3 is 1.97 bits per heavy atom. The molecule has 9 heteroatoms. The predicted octanol–water partition coefficient (Wildman–Crippen LogP) is 5.70. The highest BCUT2D eigenvalue weighted by Crippen LogP contribution is 2.53. The highest BCUT2D eigenvalue weighted by atomic mass is 79.9. The lowest BCUT2D eigenvalue weighted by molar-refractivity contribution is 0.179. The van der Waals surface area contributed by atoms with Crippen molar-refractivity contribution in [3.63, 3.8) is 0 Å². The van der Waals surface area contributed by atoms with E-state index >= 15 is 0 Å². The number of fused-ring (bicyclic) bond motifs is 1. The van der Waals surface area contributed by atoms with Gasteiger partial charge in [-0.1, -0.05) is 18.2 Å². The van der Waals surface area contributed by atoms with E-state index in [-0.39, 0.29) is 16.4 Å². The molecule has 0 spiro atoms. The zero-order valence-electron chi connectivity index (χ0n) is 14.8. The van der Waals surface area contributed by atoms with Crippen LogP contribution >= 0.6 is 47.8 Å². The number of benzene rings is 3. The van der Waals surface area contributed by atoms with Gasteiger partial charge in [-0.05, 0) is 102 Å². The number of hydrogen-bond donors (Lipinski definition) is 2. The van der Waals surface area contributed by atoms with Gasteiger partial charge in [0.05, 0.1) is 13.4 Å². The maximum Gasteiger partial charge on any atom is 0.298 e. The predicted molar refractivity (Wildman–Crippen MR) is 119 cm³/mol. The topological polar surface area (TPSA) is 83.8 Å². The normalized spacial score (nSPS) is 19.9. The Balaban J connectivity index is 2.16. The van der Waals surface area contributed by atoms with Crippen molar-refractivity contribution >= 4 is 57.9 Å². The first-order valence-corrected chi connectivity index (χ1v) is 12.1. The van der Waals surface area contributed by atoms with E-state index in [0.717, 1.165) is 0 Å². The van der Waals surface area contributed by atoms with Gasteiger partial charge in [0, 0.05) is 5.56 Å². The lowest BCUT2D eigenvalue weighted by atomic mass is 9.80. The van der Waals surface area contributed by atoms with E-state index in [9.17, 15) is 18.6 Å². The summed E-state index contributed by atoms with van der Waals surface area (Å²) in [6.07, 6.45) is 0. The molecule has 1 atom stereocenters. The molecule has 29 heavy (non-hydrogen) atoms. The lowest BCUT2D eigenvalue weighted by Crippen LogP contribution is -2.30. The fourth-order valence-corrected chi connectivity index (χ4v) is 6.69. The highest BCUT2D eigenvalue weighted by Gasteiger charge is 2.51. The SMILES string of the molecule is Cc1cc(C2(c3cc(Br)c(O)c(Br)c3)OS(=O)(=O)c3ccccc32)cc(Br)c1O. The Morgan fingerprint density at radius 2 is 1.38 bits per heavy atom. The maximum atomic E-state index is 12.9. The average Bonchev–Trinajstić information content (AvgIpc) is 2.92. The third kappa shape index (κ3) is 3.14. The lowest BCUT2D eigenvalue weighted by Gasteiger charge is -2.30. The van der Waals surface area contributed by atoms with Crippen molar-refractivity contribution in [2.24, 2.45) is 0 Å². The van der Waals surface area contributed by atoms with Gasteiger partial charge in [0.2, 0.25) is 0 Å². The number of hydrogen-bond acceptors (Lipinski definition) is 5. The first-order valence-electron chi connectivity index (χ1n) is 8.31. The fourth-order valence-electron chi connectivity index (χ4n) is 3.51. The Morgan fingerprint density at radius 1 is 0.862 bits per heavy atom. The monoisotopic (exact) mass is 602 g/mol. The molecule has 0 aliphatic carbocycles. The van der Waals surface area contributed by atoms with E-state index < -0.39 is 15.7 Å². The molecule has 0 bridgehead atoms. The van der Waals surface area contributed by atoms with Crippen molar-refractivity contribution in [2.45, 2.75) is 17.4 Å². The maximum absolute atomic E-state index is 12.9. The minimum atomic E-state index is -4.05. The van der Waals surface area contributed by atoms with Gasteiger partial charge in [-0.3, -0.25) is 0 Å². The first kappa shape index (κ1) is 20.9. The van der Waals surface area contributed by atoms with E-state index in [4.69, 9.17) is 4.18 Å². The summed E-state index contributed by atoms with van der Waals surface area (Å²) in [6, 6.07) is 13.1. The van der Waals surface area contributed by atoms with Gasteiger partial charge in [0.15, 0.2) is 5.60 Å². The van der Waals surface area contributed by atoms with Crippen molar-refractivity contribution in [3.05, 3.63) is 84.2 Å². The quantitative estimate of drug-likeness (QED) is 0.367. The molecular weight excluding hydrogens is 592 g/mol. The Hall–Kier alpha value is -1.39. The number of halogens is 3. The molecule has 4 rings (SSSR count). The molecule has 0 saturated carbocycles.